The van der Waals surface area contributed by atoms with Gasteiger partial charge in [0.15, 0.2) is 5.96 Å². The molecular weight excluding hydrogens is 475 g/mol. The highest BCUT2D eigenvalue weighted by Crippen LogP contribution is 2.12. The van der Waals surface area contributed by atoms with E-state index in [2.05, 4.69) is 77.9 Å². The van der Waals surface area contributed by atoms with Gasteiger partial charge in [0, 0.05) is 26.2 Å². The first-order valence-corrected chi connectivity index (χ1v) is 10.2. The molecule has 0 saturated carbocycles. The molecule has 2 aromatic carbocycles. The molecule has 0 aliphatic carbocycles. The Morgan fingerprint density at radius 3 is 2.52 bits per heavy atom. The van der Waals surface area contributed by atoms with E-state index in [1.807, 2.05) is 6.07 Å². The average Bonchev–Trinajstić information content (AvgIpc) is 2.74. The van der Waals surface area contributed by atoms with Gasteiger partial charge in [0.2, 0.25) is 0 Å². The number of ether oxygens (including phenoxy) is 1. The van der Waals surface area contributed by atoms with Crippen molar-refractivity contribution in [2.75, 3.05) is 32.8 Å². The lowest BCUT2D eigenvalue weighted by Gasteiger charge is -2.26. The van der Waals surface area contributed by atoms with E-state index in [0.717, 1.165) is 45.4 Å². The van der Waals surface area contributed by atoms with Crippen LogP contribution < -0.4 is 10.6 Å². The average molecular weight is 508 g/mol. The van der Waals surface area contributed by atoms with E-state index in [1.165, 1.54) is 16.7 Å². The molecule has 6 heteroatoms. The van der Waals surface area contributed by atoms with Crippen LogP contribution in [0.25, 0.3) is 0 Å². The Hall–Kier alpha value is -1.64. The van der Waals surface area contributed by atoms with E-state index in [1.54, 1.807) is 0 Å². The fourth-order valence-corrected chi connectivity index (χ4v) is 3.36. The van der Waals surface area contributed by atoms with Crippen molar-refractivity contribution in [3.63, 3.8) is 0 Å². The summed E-state index contributed by atoms with van der Waals surface area (Å²) < 4.78 is 5.44. The number of nitrogens with zero attached hydrogens (tertiary/aromatic N) is 2. The van der Waals surface area contributed by atoms with Crippen molar-refractivity contribution in [2.45, 2.75) is 33.0 Å². The van der Waals surface area contributed by atoms with Crippen LogP contribution in [-0.2, 0) is 17.8 Å². The fourth-order valence-electron chi connectivity index (χ4n) is 3.36. The molecule has 2 N–H and O–H groups in total. The Morgan fingerprint density at radius 2 is 1.79 bits per heavy atom. The monoisotopic (exact) mass is 508 g/mol. The van der Waals surface area contributed by atoms with Crippen LogP contribution in [0, 0.1) is 0 Å². The number of aliphatic imine (C=N–C) groups is 1. The van der Waals surface area contributed by atoms with E-state index < -0.39 is 0 Å². The summed E-state index contributed by atoms with van der Waals surface area (Å²) in [5.41, 5.74) is 3.82. The largest absolute Gasteiger partial charge is 0.379 e. The molecule has 1 saturated heterocycles. The number of hydrogen-bond donors (Lipinski definition) is 2. The second-order valence-corrected chi connectivity index (χ2v) is 7.18. The third kappa shape index (κ3) is 7.95. The number of morpholine rings is 1. The minimum atomic E-state index is 0. The van der Waals surface area contributed by atoms with E-state index in [-0.39, 0.29) is 30.0 Å². The van der Waals surface area contributed by atoms with Crippen molar-refractivity contribution in [2.24, 2.45) is 4.99 Å². The molecule has 0 aromatic heterocycles. The first-order valence-electron chi connectivity index (χ1n) is 10.2. The SMILES string of the molecule is CCNC(=NCc1cccc(CN2CCOCC2)c1)NC(C)c1ccccc1.I. The second kappa shape index (κ2) is 12.8. The highest BCUT2D eigenvalue weighted by Gasteiger charge is 2.11. The second-order valence-electron chi connectivity index (χ2n) is 7.18. The lowest BCUT2D eigenvalue weighted by Crippen LogP contribution is -2.38. The topological polar surface area (TPSA) is 48.9 Å². The van der Waals surface area contributed by atoms with Crippen molar-refractivity contribution in [3.8, 4) is 0 Å². The Morgan fingerprint density at radius 1 is 1.07 bits per heavy atom. The van der Waals surface area contributed by atoms with Crippen molar-refractivity contribution < 1.29 is 4.74 Å². The molecule has 1 aliphatic heterocycles. The summed E-state index contributed by atoms with van der Waals surface area (Å²) in [6.45, 7) is 10.4. The van der Waals surface area contributed by atoms with Crippen molar-refractivity contribution >= 4 is 29.9 Å². The maximum atomic E-state index is 5.44. The molecular formula is C23H33IN4O. The van der Waals surface area contributed by atoms with Gasteiger partial charge in [-0.15, -0.1) is 24.0 Å². The van der Waals surface area contributed by atoms with Gasteiger partial charge >= 0.3 is 0 Å². The summed E-state index contributed by atoms with van der Waals surface area (Å²) in [5, 5.41) is 6.85. The molecule has 1 unspecified atom stereocenters. The van der Waals surface area contributed by atoms with Crippen LogP contribution in [0.4, 0.5) is 0 Å². The minimum Gasteiger partial charge on any atom is -0.379 e. The van der Waals surface area contributed by atoms with Crippen molar-refractivity contribution in [1.29, 1.82) is 0 Å². The lowest BCUT2D eigenvalue weighted by atomic mass is 10.1. The molecule has 0 spiro atoms. The number of halogens is 1. The molecule has 1 aliphatic rings. The smallest absolute Gasteiger partial charge is 0.192 e. The highest BCUT2D eigenvalue weighted by atomic mass is 127. The van der Waals surface area contributed by atoms with Gasteiger partial charge in [-0.3, -0.25) is 4.90 Å². The molecule has 0 bridgehead atoms. The van der Waals surface area contributed by atoms with Crippen molar-refractivity contribution in [3.05, 3.63) is 71.3 Å². The molecule has 3 rings (SSSR count). The van der Waals surface area contributed by atoms with Gasteiger partial charge in [0.25, 0.3) is 0 Å². The van der Waals surface area contributed by atoms with Crippen LogP contribution >= 0.6 is 24.0 Å². The third-order valence-electron chi connectivity index (χ3n) is 4.92. The van der Waals surface area contributed by atoms with Crippen molar-refractivity contribution in [1.82, 2.24) is 15.5 Å². The van der Waals surface area contributed by atoms with E-state index >= 15 is 0 Å². The van der Waals surface area contributed by atoms with Crippen LogP contribution in [-0.4, -0.2) is 43.7 Å². The van der Waals surface area contributed by atoms with Gasteiger partial charge < -0.3 is 15.4 Å². The first-order chi connectivity index (χ1) is 13.7. The maximum Gasteiger partial charge on any atom is 0.192 e. The highest BCUT2D eigenvalue weighted by molar-refractivity contribution is 14.0. The summed E-state index contributed by atoms with van der Waals surface area (Å²) in [5.74, 6) is 0.845. The number of hydrogen-bond acceptors (Lipinski definition) is 3. The normalized spacial score (nSPS) is 16.0. The number of guanidine groups is 1. The zero-order valence-corrected chi connectivity index (χ0v) is 19.8. The minimum absolute atomic E-state index is 0. The Bertz CT molecular complexity index is 748. The van der Waals surface area contributed by atoms with Gasteiger partial charge in [-0.2, -0.15) is 0 Å². The summed E-state index contributed by atoms with van der Waals surface area (Å²) >= 11 is 0. The van der Waals surface area contributed by atoms with Crippen LogP contribution in [0.2, 0.25) is 0 Å². The Balaban J connectivity index is 0.00000300. The molecule has 0 amide bonds. The summed E-state index contributed by atoms with van der Waals surface area (Å²) in [6, 6.07) is 19.4. The van der Waals surface area contributed by atoms with Gasteiger partial charge in [0.05, 0.1) is 25.8 Å². The van der Waals surface area contributed by atoms with E-state index in [0.29, 0.717) is 6.54 Å². The lowest BCUT2D eigenvalue weighted by molar-refractivity contribution is 0.0342. The molecule has 1 heterocycles. The zero-order valence-electron chi connectivity index (χ0n) is 17.4. The Kier molecular flexibility index (Phi) is 10.5. The van der Waals surface area contributed by atoms with Gasteiger partial charge in [-0.1, -0.05) is 54.6 Å². The summed E-state index contributed by atoms with van der Waals surface area (Å²) in [6.07, 6.45) is 0. The van der Waals surface area contributed by atoms with Gasteiger partial charge in [0.1, 0.15) is 0 Å². The predicted molar refractivity (Wildman–Crippen MR) is 131 cm³/mol. The third-order valence-corrected chi connectivity index (χ3v) is 4.92. The summed E-state index contributed by atoms with van der Waals surface area (Å²) in [4.78, 5) is 7.24. The predicted octanol–water partition coefficient (Wildman–Crippen LogP) is 3.95. The molecule has 0 radical (unpaired) electrons. The molecule has 1 fully saturated rings. The molecule has 1 atom stereocenters. The van der Waals surface area contributed by atoms with Crippen LogP contribution in [0.5, 0.6) is 0 Å². The maximum absolute atomic E-state index is 5.44. The molecule has 5 nitrogen and oxygen atoms in total. The zero-order chi connectivity index (χ0) is 19.6. The fraction of sp³-hybridized carbons (Fsp3) is 0.435. The van der Waals surface area contributed by atoms with E-state index in [4.69, 9.17) is 9.73 Å². The van der Waals surface area contributed by atoms with Gasteiger partial charge in [-0.05, 0) is 30.5 Å². The number of rotatable bonds is 7. The van der Waals surface area contributed by atoms with Gasteiger partial charge in [-0.25, -0.2) is 4.99 Å². The first kappa shape index (κ1) is 23.6. The Labute approximate surface area is 192 Å². The summed E-state index contributed by atoms with van der Waals surface area (Å²) in [7, 11) is 0. The van der Waals surface area contributed by atoms with Crippen LogP contribution in [0.1, 0.15) is 36.6 Å². The molecule has 158 valence electrons. The quantitative estimate of drug-likeness (QED) is 0.338. The molecule has 2 aromatic rings. The number of nitrogens with one attached hydrogen (secondary N) is 2. The molecule has 29 heavy (non-hydrogen) atoms. The van der Waals surface area contributed by atoms with Crippen LogP contribution in [0.15, 0.2) is 59.6 Å². The van der Waals surface area contributed by atoms with Crippen LogP contribution in [0.3, 0.4) is 0 Å². The van der Waals surface area contributed by atoms with E-state index in [9.17, 15) is 0 Å². The number of benzene rings is 2. The standard InChI is InChI=1S/C23H32N4O.HI/c1-3-24-23(26-19(2)22-10-5-4-6-11-22)25-17-20-8-7-9-21(16-20)18-27-12-14-28-15-13-27;/h4-11,16,19H,3,12-15,17-18H2,1-2H3,(H2,24,25,26);1H.